The molecule has 5 unspecified atom stereocenters. The van der Waals surface area contributed by atoms with Gasteiger partial charge in [0.05, 0.1) is 18.6 Å². The summed E-state index contributed by atoms with van der Waals surface area (Å²) in [6.45, 7) is 1.20. The fraction of sp³-hybridized carbons (Fsp3) is 0.500. The maximum atomic E-state index is 12.7. The summed E-state index contributed by atoms with van der Waals surface area (Å²) in [5, 5.41) is 35.4. The van der Waals surface area contributed by atoms with E-state index in [-0.39, 0.29) is 6.42 Å². The molecule has 0 aliphatic heterocycles. The van der Waals surface area contributed by atoms with Crippen LogP contribution in [-0.4, -0.2) is 87.3 Å². The summed E-state index contributed by atoms with van der Waals surface area (Å²) < 4.78 is 0. The minimum atomic E-state index is -1.61. The summed E-state index contributed by atoms with van der Waals surface area (Å²) in [6, 6.07) is 3.00. The third-order valence-electron chi connectivity index (χ3n) is 4.94. The summed E-state index contributed by atoms with van der Waals surface area (Å²) in [5.74, 6) is -4.93. The third-order valence-corrected chi connectivity index (χ3v) is 5.59. The first-order chi connectivity index (χ1) is 16.5. The molecule has 1 aromatic rings. The van der Waals surface area contributed by atoms with Gasteiger partial charge in [-0.25, -0.2) is 4.79 Å². The van der Waals surface area contributed by atoms with Gasteiger partial charge in [0.25, 0.3) is 0 Å². The lowest BCUT2D eigenvalue weighted by molar-refractivity contribution is -0.144. The number of nitrogens with one attached hydrogen (secondary N) is 3. The van der Waals surface area contributed by atoms with Crippen LogP contribution in [0.1, 0.15) is 25.3 Å². The number of benzene rings is 1. The first-order valence-corrected chi connectivity index (χ1v) is 12.2. The van der Waals surface area contributed by atoms with E-state index in [9.17, 15) is 34.2 Å². The van der Waals surface area contributed by atoms with Crippen molar-refractivity contribution in [3.63, 3.8) is 0 Å². The Morgan fingerprint density at radius 2 is 1.54 bits per heavy atom. The molecule has 0 spiro atoms. The molecule has 3 amide bonds. The van der Waals surface area contributed by atoms with E-state index in [4.69, 9.17) is 10.8 Å². The number of hydrogen-bond donors (Lipinski definition) is 7. The standard InChI is InChI=1S/C22H32N4O8S/c1-12(27)18(21(32)25-16(22(33)34)10-13-6-4-3-5-7-13)26-20(31)15(11-17(28)29)24-19(30)14(23)8-9-35-2/h3-7,12,14-16,18,27H,8-11,23H2,1-2H3,(H,24,30)(H,25,32)(H,26,31)(H,28,29)(H,33,34). The normalized spacial score (nSPS) is 15.1. The highest BCUT2D eigenvalue weighted by Crippen LogP contribution is 2.06. The first kappa shape index (κ1) is 29.9. The van der Waals surface area contributed by atoms with Crippen LogP contribution >= 0.6 is 11.8 Å². The SMILES string of the molecule is CSCCC(N)C(=O)NC(CC(=O)O)C(=O)NC(C(=O)NC(Cc1ccccc1)C(=O)O)C(C)O. The van der Waals surface area contributed by atoms with Crippen LogP contribution in [0.5, 0.6) is 0 Å². The van der Waals surface area contributed by atoms with E-state index in [1.165, 1.54) is 18.7 Å². The Bertz CT molecular complexity index is 883. The Labute approximate surface area is 207 Å². The molecule has 12 nitrogen and oxygen atoms in total. The van der Waals surface area contributed by atoms with Gasteiger partial charge in [-0.1, -0.05) is 30.3 Å². The van der Waals surface area contributed by atoms with E-state index in [2.05, 4.69) is 16.0 Å². The van der Waals surface area contributed by atoms with Crippen molar-refractivity contribution < 1.29 is 39.3 Å². The monoisotopic (exact) mass is 512 g/mol. The number of rotatable bonds is 15. The largest absolute Gasteiger partial charge is 0.481 e. The second-order valence-electron chi connectivity index (χ2n) is 7.86. The van der Waals surface area contributed by atoms with E-state index < -0.39 is 66.4 Å². The van der Waals surface area contributed by atoms with E-state index in [1.54, 1.807) is 30.3 Å². The number of aliphatic hydroxyl groups excluding tert-OH is 1. The lowest BCUT2D eigenvalue weighted by Gasteiger charge is -2.26. The fourth-order valence-electron chi connectivity index (χ4n) is 3.01. The van der Waals surface area contributed by atoms with Crippen molar-refractivity contribution in [3.8, 4) is 0 Å². The molecular weight excluding hydrogens is 480 g/mol. The second kappa shape index (κ2) is 15.0. The number of hydrogen-bond acceptors (Lipinski definition) is 8. The number of thioether (sulfide) groups is 1. The molecule has 0 saturated carbocycles. The van der Waals surface area contributed by atoms with Crippen molar-refractivity contribution in [1.29, 1.82) is 0 Å². The third kappa shape index (κ3) is 10.8. The number of carboxylic acids is 2. The smallest absolute Gasteiger partial charge is 0.326 e. The van der Waals surface area contributed by atoms with Gasteiger partial charge in [-0.2, -0.15) is 11.8 Å². The van der Waals surface area contributed by atoms with Gasteiger partial charge >= 0.3 is 11.9 Å². The Morgan fingerprint density at radius 1 is 0.943 bits per heavy atom. The Kier molecular flexibility index (Phi) is 12.8. The first-order valence-electron chi connectivity index (χ1n) is 10.8. The second-order valence-corrected chi connectivity index (χ2v) is 8.85. The zero-order valence-corrected chi connectivity index (χ0v) is 20.3. The van der Waals surface area contributed by atoms with Crippen LogP contribution in [0.15, 0.2) is 30.3 Å². The van der Waals surface area contributed by atoms with Gasteiger partial charge in [0.1, 0.15) is 18.1 Å². The van der Waals surface area contributed by atoms with E-state index in [0.29, 0.717) is 17.7 Å². The van der Waals surface area contributed by atoms with E-state index in [0.717, 1.165) is 0 Å². The minimum Gasteiger partial charge on any atom is -0.481 e. The van der Waals surface area contributed by atoms with E-state index >= 15 is 0 Å². The van der Waals surface area contributed by atoms with Gasteiger partial charge in [0, 0.05) is 6.42 Å². The number of aliphatic hydroxyl groups is 1. The predicted molar refractivity (Wildman–Crippen MR) is 128 cm³/mol. The highest BCUT2D eigenvalue weighted by atomic mass is 32.2. The van der Waals surface area contributed by atoms with Crippen molar-refractivity contribution in [3.05, 3.63) is 35.9 Å². The molecule has 0 heterocycles. The summed E-state index contributed by atoms with van der Waals surface area (Å²) in [6.07, 6.45) is -0.192. The van der Waals surface area contributed by atoms with Crippen LogP contribution in [0, 0.1) is 0 Å². The van der Waals surface area contributed by atoms with Crippen molar-refractivity contribution in [1.82, 2.24) is 16.0 Å². The van der Waals surface area contributed by atoms with Crippen LogP contribution in [0.25, 0.3) is 0 Å². The van der Waals surface area contributed by atoms with Crippen molar-refractivity contribution in [2.45, 2.75) is 56.5 Å². The lowest BCUT2D eigenvalue weighted by atomic mass is 10.0. The maximum Gasteiger partial charge on any atom is 0.326 e. The van der Waals surface area contributed by atoms with Crippen LogP contribution in [0.4, 0.5) is 0 Å². The number of nitrogens with two attached hydrogens (primary N) is 1. The average molecular weight is 513 g/mol. The average Bonchev–Trinajstić information content (AvgIpc) is 2.79. The van der Waals surface area contributed by atoms with Gasteiger partial charge < -0.3 is 37.0 Å². The Morgan fingerprint density at radius 3 is 2.06 bits per heavy atom. The molecule has 8 N–H and O–H groups in total. The molecule has 35 heavy (non-hydrogen) atoms. The molecule has 0 bridgehead atoms. The Hall–Kier alpha value is -3.16. The summed E-state index contributed by atoms with van der Waals surface area (Å²) in [5.41, 5.74) is 6.40. The molecule has 1 rings (SSSR count). The van der Waals surface area contributed by atoms with Gasteiger partial charge in [0.15, 0.2) is 0 Å². The number of carboxylic acid groups (broad SMARTS) is 2. The molecule has 1 aromatic carbocycles. The van der Waals surface area contributed by atoms with Crippen molar-refractivity contribution in [2.24, 2.45) is 5.73 Å². The van der Waals surface area contributed by atoms with Gasteiger partial charge in [-0.05, 0) is 30.9 Å². The number of aliphatic carboxylic acids is 2. The molecular formula is C22H32N4O8S. The molecule has 0 saturated heterocycles. The van der Waals surface area contributed by atoms with Gasteiger partial charge in [0.2, 0.25) is 17.7 Å². The fourth-order valence-corrected chi connectivity index (χ4v) is 3.50. The van der Waals surface area contributed by atoms with E-state index in [1.807, 2.05) is 6.26 Å². The van der Waals surface area contributed by atoms with Crippen LogP contribution in [0.2, 0.25) is 0 Å². The lowest BCUT2D eigenvalue weighted by Crippen LogP contribution is -2.60. The quantitative estimate of drug-likeness (QED) is 0.148. The van der Waals surface area contributed by atoms with Crippen molar-refractivity contribution >= 4 is 41.4 Å². The molecule has 0 aliphatic carbocycles. The van der Waals surface area contributed by atoms with Gasteiger partial charge in [-0.3, -0.25) is 19.2 Å². The summed E-state index contributed by atoms with van der Waals surface area (Å²) in [4.78, 5) is 60.6. The topological polar surface area (TPSA) is 208 Å². The molecule has 0 fully saturated rings. The number of amides is 3. The Balaban J connectivity index is 2.94. The highest BCUT2D eigenvalue weighted by molar-refractivity contribution is 7.98. The summed E-state index contributed by atoms with van der Waals surface area (Å²) in [7, 11) is 0. The maximum absolute atomic E-state index is 12.7. The number of carbonyl (C=O) groups excluding carboxylic acids is 3. The zero-order valence-electron chi connectivity index (χ0n) is 19.5. The van der Waals surface area contributed by atoms with Crippen LogP contribution in [-0.2, 0) is 30.4 Å². The van der Waals surface area contributed by atoms with Crippen LogP contribution in [0.3, 0.4) is 0 Å². The molecule has 0 radical (unpaired) electrons. The van der Waals surface area contributed by atoms with Gasteiger partial charge in [-0.15, -0.1) is 0 Å². The van der Waals surface area contributed by atoms with Crippen molar-refractivity contribution in [2.75, 3.05) is 12.0 Å². The molecule has 13 heteroatoms. The molecule has 194 valence electrons. The summed E-state index contributed by atoms with van der Waals surface area (Å²) >= 11 is 1.46. The van der Waals surface area contributed by atoms with Crippen LogP contribution < -0.4 is 21.7 Å². The number of carbonyl (C=O) groups is 5. The zero-order chi connectivity index (χ0) is 26.5. The predicted octanol–water partition coefficient (Wildman–Crippen LogP) is -1.30. The molecule has 5 atom stereocenters. The highest BCUT2D eigenvalue weighted by Gasteiger charge is 2.33. The minimum absolute atomic E-state index is 0.0476. The molecule has 0 aliphatic rings. The molecule has 0 aromatic heterocycles.